The van der Waals surface area contributed by atoms with Crippen LogP contribution in [0.25, 0.3) is 10.8 Å². The minimum absolute atomic E-state index is 0.113. The van der Waals surface area contributed by atoms with Gasteiger partial charge in [0.2, 0.25) is 0 Å². The van der Waals surface area contributed by atoms with Crippen molar-refractivity contribution in [2.24, 2.45) is 5.10 Å². The molecule has 3 N–H and O–H groups in total. The summed E-state index contributed by atoms with van der Waals surface area (Å²) < 4.78 is 0. The Morgan fingerprint density at radius 3 is 2.64 bits per heavy atom. The minimum Gasteiger partial charge on any atom is -0.507 e. The van der Waals surface area contributed by atoms with E-state index in [0.29, 0.717) is 5.56 Å². The first-order chi connectivity index (χ1) is 12.1. The summed E-state index contributed by atoms with van der Waals surface area (Å²) in [6.45, 7) is 2.12. The van der Waals surface area contributed by atoms with Gasteiger partial charge in [-0.15, -0.1) is 0 Å². The van der Waals surface area contributed by atoms with Crippen molar-refractivity contribution in [1.29, 1.82) is 0 Å². The van der Waals surface area contributed by atoms with Gasteiger partial charge in [-0.3, -0.25) is 4.79 Å². The van der Waals surface area contributed by atoms with Crippen molar-refractivity contribution >= 4 is 28.6 Å². The van der Waals surface area contributed by atoms with E-state index >= 15 is 0 Å². The molecule has 3 aromatic carbocycles. The Kier molecular flexibility index (Phi) is 4.95. The molecule has 0 heterocycles. The summed E-state index contributed by atoms with van der Waals surface area (Å²) in [5.74, 6) is -0.147. The lowest BCUT2D eigenvalue weighted by atomic mass is 10.0. The molecule has 0 aliphatic rings. The third-order valence-corrected chi connectivity index (χ3v) is 3.84. The molecule has 0 unspecified atom stereocenters. The van der Waals surface area contributed by atoms with Crippen LogP contribution in [0.1, 0.15) is 11.1 Å². The van der Waals surface area contributed by atoms with Gasteiger partial charge in [-0.2, -0.15) is 5.10 Å². The van der Waals surface area contributed by atoms with Crippen LogP contribution in [0, 0.1) is 6.92 Å². The van der Waals surface area contributed by atoms with E-state index in [1.807, 2.05) is 61.5 Å². The van der Waals surface area contributed by atoms with Crippen molar-refractivity contribution in [2.45, 2.75) is 6.92 Å². The summed E-state index contributed by atoms with van der Waals surface area (Å²) in [6, 6.07) is 18.9. The summed E-state index contributed by atoms with van der Waals surface area (Å²) in [7, 11) is 0. The maximum Gasteiger partial charge on any atom is 0.259 e. The van der Waals surface area contributed by atoms with Gasteiger partial charge in [0.05, 0.1) is 12.8 Å². The number of aromatic hydroxyl groups is 1. The molecule has 25 heavy (non-hydrogen) atoms. The van der Waals surface area contributed by atoms with Crippen LogP contribution < -0.4 is 10.7 Å². The molecule has 0 bridgehead atoms. The molecule has 3 aromatic rings. The maximum atomic E-state index is 11.9. The first-order valence-corrected chi connectivity index (χ1v) is 7.96. The summed E-state index contributed by atoms with van der Waals surface area (Å²) in [6.07, 6.45) is 1.46. The summed E-state index contributed by atoms with van der Waals surface area (Å²) in [5.41, 5.74) is 5.07. The van der Waals surface area contributed by atoms with Crippen LogP contribution in [0.3, 0.4) is 0 Å². The molecule has 0 saturated carbocycles. The Labute approximate surface area is 146 Å². The van der Waals surface area contributed by atoms with Crippen molar-refractivity contribution < 1.29 is 9.90 Å². The van der Waals surface area contributed by atoms with Crippen molar-refractivity contribution in [3.63, 3.8) is 0 Å². The quantitative estimate of drug-likeness (QED) is 0.495. The number of hydrazone groups is 1. The highest BCUT2D eigenvalue weighted by Gasteiger charge is 2.05. The van der Waals surface area contributed by atoms with Crippen LogP contribution >= 0.6 is 0 Å². The first-order valence-electron chi connectivity index (χ1n) is 7.96. The van der Waals surface area contributed by atoms with Crippen LogP contribution in [-0.4, -0.2) is 23.8 Å². The summed E-state index contributed by atoms with van der Waals surface area (Å²) >= 11 is 0. The predicted molar refractivity (Wildman–Crippen MR) is 101 cm³/mol. The van der Waals surface area contributed by atoms with E-state index in [4.69, 9.17) is 0 Å². The number of amides is 1. The number of fused-ring (bicyclic) bond motifs is 1. The largest absolute Gasteiger partial charge is 0.507 e. The number of phenolic OH excluding ortho intramolecular Hbond substituents is 1. The van der Waals surface area contributed by atoms with E-state index in [1.54, 1.807) is 6.07 Å². The molecule has 5 nitrogen and oxygen atoms in total. The normalized spacial score (nSPS) is 10.9. The standard InChI is InChI=1S/C20H19N3O2/c1-14-6-9-16(10-7-14)21-13-20(25)23-22-12-18-17-5-3-2-4-15(17)8-11-19(18)24/h2-12,21,24H,13H2,1H3,(H,23,25)/b22-12-. The zero-order valence-electron chi connectivity index (χ0n) is 13.9. The molecule has 0 aliphatic heterocycles. The van der Waals surface area contributed by atoms with Gasteiger partial charge < -0.3 is 10.4 Å². The molecule has 3 rings (SSSR count). The summed E-state index contributed by atoms with van der Waals surface area (Å²) in [5, 5.41) is 18.9. The molecule has 0 atom stereocenters. The summed E-state index contributed by atoms with van der Waals surface area (Å²) in [4.78, 5) is 11.9. The fourth-order valence-corrected chi connectivity index (χ4v) is 2.48. The molecule has 5 heteroatoms. The molecule has 0 fully saturated rings. The zero-order chi connectivity index (χ0) is 17.6. The Bertz CT molecular complexity index is 918. The van der Waals surface area contributed by atoms with Gasteiger partial charge in [-0.1, -0.05) is 48.0 Å². The van der Waals surface area contributed by atoms with Crippen molar-refractivity contribution in [2.75, 3.05) is 11.9 Å². The lowest BCUT2D eigenvalue weighted by Gasteiger charge is -2.06. The average Bonchev–Trinajstić information content (AvgIpc) is 2.63. The van der Waals surface area contributed by atoms with Gasteiger partial charge in [0.25, 0.3) is 5.91 Å². The second-order valence-electron chi connectivity index (χ2n) is 5.73. The number of anilines is 1. The second-order valence-corrected chi connectivity index (χ2v) is 5.73. The number of carbonyl (C=O) groups excluding carboxylic acids is 1. The number of nitrogens with zero attached hydrogens (tertiary/aromatic N) is 1. The third kappa shape index (κ3) is 4.14. The topological polar surface area (TPSA) is 73.7 Å². The molecule has 0 spiro atoms. The number of benzene rings is 3. The number of carbonyl (C=O) groups is 1. The van der Waals surface area contributed by atoms with Gasteiger partial charge in [0.1, 0.15) is 5.75 Å². The molecule has 1 amide bonds. The Hall–Kier alpha value is -3.34. The molecular weight excluding hydrogens is 314 g/mol. The smallest absolute Gasteiger partial charge is 0.259 e. The lowest BCUT2D eigenvalue weighted by Crippen LogP contribution is -2.25. The molecule has 0 saturated heterocycles. The molecule has 0 aromatic heterocycles. The lowest BCUT2D eigenvalue weighted by molar-refractivity contribution is -0.119. The SMILES string of the molecule is Cc1ccc(NCC(=O)N/N=C\c2c(O)ccc3ccccc23)cc1. The number of aryl methyl sites for hydroxylation is 1. The molecule has 0 aliphatic carbocycles. The van der Waals surface area contributed by atoms with Gasteiger partial charge in [0.15, 0.2) is 0 Å². The Morgan fingerprint density at radius 1 is 1.08 bits per heavy atom. The predicted octanol–water partition coefficient (Wildman–Crippen LogP) is 3.42. The van der Waals surface area contributed by atoms with Crippen LogP contribution in [0.4, 0.5) is 5.69 Å². The van der Waals surface area contributed by atoms with E-state index in [0.717, 1.165) is 22.0 Å². The van der Waals surface area contributed by atoms with Gasteiger partial charge in [-0.25, -0.2) is 5.43 Å². The number of hydrogen-bond donors (Lipinski definition) is 3. The van der Waals surface area contributed by atoms with Crippen molar-refractivity contribution in [3.8, 4) is 5.75 Å². The average molecular weight is 333 g/mol. The highest BCUT2D eigenvalue weighted by Crippen LogP contribution is 2.25. The van der Waals surface area contributed by atoms with E-state index in [-0.39, 0.29) is 18.2 Å². The molecular formula is C20H19N3O2. The maximum absolute atomic E-state index is 11.9. The van der Waals surface area contributed by atoms with Gasteiger partial charge in [0, 0.05) is 11.3 Å². The fraction of sp³-hybridized carbons (Fsp3) is 0.100. The third-order valence-electron chi connectivity index (χ3n) is 3.84. The molecule has 0 radical (unpaired) electrons. The molecule has 126 valence electrons. The first kappa shape index (κ1) is 16.5. The Balaban J connectivity index is 1.62. The van der Waals surface area contributed by atoms with E-state index in [1.165, 1.54) is 6.21 Å². The second kappa shape index (κ2) is 7.49. The fourth-order valence-electron chi connectivity index (χ4n) is 2.48. The number of nitrogens with one attached hydrogen (secondary N) is 2. The van der Waals surface area contributed by atoms with Crippen molar-refractivity contribution in [3.05, 3.63) is 71.8 Å². The van der Waals surface area contributed by atoms with Crippen molar-refractivity contribution in [1.82, 2.24) is 5.43 Å². The van der Waals surface area contributed by atoms with Crippen LogP contribution in [0.5, 0.6) is 5.75 Å². The van der Waals surface area contributed by atoms with E-state index < -0.39 is 0 Å². The highest BCUT2D eigenvalue weighted by atomic mass is 16.3. The Morgan fingerprint density at radius 2 is 1.84 bits per heavy atom. The van der Waals surface area contributed by atoms with Crippen LogP contribution in [0.15, 0.2) is 65.8 Å². The number of phenols is 1. The van der Waals surface area contributed by atoms with Gasteiger partial charge >= 0.3 is 0 Å². The van der Waals surface area contributed by atoms with Crippen LogP contribution in [0.2, 0.25) is 0 Å². The zero-order valence-corrected chi connectivity index (χ0v) is 13.9. The number of rotatable bonds is 5. The van der Waals surface area contributed by atoms with Gasteiger partial charge in [-0.05, 0) is 35.9 Å². The van der Waals surface area contributed by atoms with E-state index in [2.05, 4.69) is 15.8 Å². The highest BCUT2D eigenvalue weighted by molar-refractivity contribution is 6.02. The monoisotopic (exact) mass is 333 g/mol. The minimum atomic E-state index is -0.267. The van der Waals surface area contributed by atoms with E-state index in [9.17, 15) is 9.90 Å². The van der Waals surface area contributed by atoms with Crippen LogP contribution in [-0.2, 0) is 4.79 Å². The number of hydrogen-bond acceptors (Lipinski definition) is 4.